The van der Waals surface area contributed by atoms with Crippen molar-refractivity contribution >= 4 is 23.0 Å². The molecule has 0 atom stereocenters. The van der Waals surface area contributed by atoms with Crippen molar-refractivity contribution in [2.45, 2.75) is 0 Å². The smallest absolute Gasteiger partial charge is 0.267 e. The van der Waals surface area contributed by atoms with Gasteiger partial charge in [-0.3, -0.25) is 9.78 Å². The highest BCUT2D eigenvalue weighted by Gasteiger charge is 2.16. The molecule has 6 heteroatoms. The maximum atomic E-state index is 13.5. The van der Waals surface area contributed by atoms with Crippen molar-refractivity contribution in [1.82, 2.24) is 10.4 Å². The number of para-hydroxylation sites is 1. The first kappa shape index (κ1) is 14.8. The molecule has 0 saturated carbocycles. The number of pyridine rings is 1. The van der Waals surface area contributed by atoms with Crippen LogP contribution < -0.4 is 5.43 Å². The molecule has 2 aromatic carbocycles. The van der Waals surface area contributed by atoms with Crippen molar-refractivity contribution in [3.63, 3.8) is 0 Å². The van der Waals surface area contributed by atoms with Gasteiger partial charge in [-0.25, -0.2) is 14.2 Å². The number of carbonyl (C=O) groups excluding carboxylic acids is 1. The van der Waals surface area contributed by atoms with Crippen LogP contribution in [0.3, 0.4) is 0 Å². The molecule has 0 unspecified atom stereocenters. The van der Waals surface area contributed by atoms with E-state index in [2.05, 4.69) is 15.5 Å². The van der Waals surface area contributed by atoms with Gasteiger partial charge in [0.25, 0.3) is 5.91 Å². The average Bonchev–Trinajstić information content (AvgIpc) is 2.55. The third-order valence-electron chi connectivity index (χ3n) is 3.24. The molecule has 114 valence electrons. The summed E-state index contributed by atoms with van der Waals surface area (Å²) in [6.07, 6.45) is 3.02. The van der Waals surface area contributed by atoms with Gasteiger partial charge in [0.15, 0.2) is 0 Å². The number of nitrogens with one attached hydrogen (secondary N) is 1. The lowest BCUT2D eigenvalue weighted by molar-refractivity contribution is 0.0946. The van der Waals surface area contributed by atoms with Crippen molar-refractivity contribution in [3.05, 3.63) is 77.5 Å². The van der Waals surface area contributed by atoms with Gasteiger partial charge in [0.05, 0.1) is 11.7 Å². The van der Waals surface area contributed by atoms with Gasteiger partial charge in [-0.05, 0) is 24.3 Å². The quantitative estimate of drug-likeness (QED) is 0.596. The summed E-state index contributed by atoms with van der Waals surface area (Å²) in [5.41, 5.74) is 2.97. The van der Waals surface area contributed by atoms with E-state index in [0.717, 1.165) is 28.6 Å². The molecule has 23 heavy (non-hydrogen) atoms. The molecular formula is C17H11F2N3O. The minimum absolute atomic E-state index is 0.663. The summed E-state index contributed by atoms with van der Waals surface area (Å²) in [7, 11) is 0. The highest BCUT2D eigenvalue weighted by Crippen LogP contribution is 2.14. The Bertz CT molecular complexity index is 884. The Morgan fingerprint density at radius 1 is 1.04 bits per heavy atom. The molecule has 0 bridgehead atoms. The minimum Gasteiger partial charge on any atom is -0.267 e. The largest absolute Gasteiger partial charge is 0.277 e. The first-order valence-corrected chi connectivity index (χ1v) is 6.78. The molecule has 1 N–H and O–H groups in total. The van der Waals surface area contributed by atoms with Crippen LogP contribution in [0.5, 0.6) is 0 Å². The molecule has 0 radical (unpaired) electrons. The molecule has 0 spiro atoms. The third kappa shape index (κ3) is 3.06. The van der Waals surface area contributed by atoms with E-state index in [4.69, 9.17) is 0 Å². The molecule has 0 aliphatic heterocycles. The molecule has 0 fully saturated rings. The van der Waals surface area contributed by atoms with Crippen molar-refractivity contribution in [2.75, 3.05) is 0 Å². The van der Waals surface area contributed by atoms with Gasteiger partial charge in [-0.15, -0.1) is 0 Å². The molecule has 1 amide bonds. The van der Waals surface area contributed by atoms with Gasteiger partial charge in [0.1, 0.15) is 17.2 Å². The van der Waals surface area contributed by atoms with Crippen LogP contribution in [0.15, 0.2) is 59.8 Å². The molecular weight excluding hydrogens is 300 g/mol. The molecule has 4 nitrogen and oxygen atoms in total. The van der Waals surface area contributed by atoms with Crippen LogP contribution in [0.1, 0.15) is 15.9 Å². The van der Waals surface area contributed by atoms with Crippen LogP contribution in [0.4, 0.5) is 8.78 Å². The lowest BCUT2D eigenvalue weighted by Crippen LogP contribution is -2.20. The summed E-state index contributed by atoms with van der Waals surface area (Å²) in [5, 5.41) is 4.62. The number of nitrogens with zero attached hydrogens (tertiary/aromatic N) is 2. The first-order chi connectivity index (χ1) is 11.2. The fourth-order valence-electron chi connectivity index (χ4n) is 2.16. The lowest BCUT2D eigenvalue weighted by atomic mass is 10.1. The zero-order valence-corrected chi connectivity index (χ0v) is 11.8. The summed E-state index contributed by atoms with van der Waals surface area (Å²) in [6.45, 7) is 0. The number of aromatic nitrogens is 1. The van der Waals surface area contributed by atoms with Crippen molar-refractivity contribution in [3.8, 4) is 0 Å². The zero-order valence-electron chi connectivity index (χ0n) is 11.8. The molecule has 3 aromatic rings. The predicted molar refractivity (Wildman–Crippen MR) is 83.2 cm³/mol. The summed E-state index contributed by atoms with van der Waals surface area (Å²) in [4.78, 5) is 16.0. The maximum Gasteiger partial charge on any atom is 0.277 e. The summed E-state index contributed by atoms with van der Waals surface area (Å²) >= 11 is 0. The van der Waals surface area contributed by atoms with E-state index in [1.807, 2.05) is 24.3 Å². The molecule has 3 rings (SSSR count). The fraction of sp³-hybridized carbons (Fsp3) is 0. The van der Waals surface area contributed by atoms with E-state index >= 15 is 0 Å². The second kappa shape index (κ2) is 6.31. The monoisotopic (exact) mass is 311 g/mol. The molecule has 0 saturated heterocycles. The van der Waals surface area contributed by atoms with Gasteiger partial charge >= 0.3 is 0 Å². The number of halogens is 2. The van der Waals surface area contributed by atoms with Crippen LogP contribution in [-0.4, -0.2) is 17.1 Å². The number of carbonyl (C=O) groups is 1. The Labute approximate surface area is 130 Å². The average molecular weight is 311 g/mol. The molecule has 0 aliphatic carbocycles. The van der Waals surface area contributed by atoms with Gasteiger partial charge in [-0.1, -0.05) is 24.3 Å². The van der Waals surface area contributed by atoms with Crippen molar-refractivity contribution in [1.29, 1.82) is 0 Å². The lowest BCUT2D eigenvalue weighted by Gasteiger charge is -2.03. The van der Waals surface area contributed by atoms with E-state index < -0.39 is 23.1 Å². The Balaban J connectivity index is 1.82. The number of benzene rings is 2. The topological polar surface area (TPSA) is 54.4 Å². The Hall–Kier alpha value is -3.15. The summed E-state index contributed by atoms with van der Waals surface area (Å²) < 4.78 is 27.0. The van der Waals surface area contributed by atoms with Gasteiger partial charge in [0, 0.05) is 17.1 Å². The molecule has 1 heterocycles. The standard InChI is InChI=1S/C17H11F2N3O/c18-13-5-3-6-14(19)16(13)17(23)22-21-10-11-8-9-20-15-7-2-1-4-12(11)15/h1-10H,(H,22,23)/b21-10+. The van der Waals surface area contributed by atoms with E-state index in [1.54, 1.807) is 12.3 Å². The van der Waals surface area contributed by atoms with Crippen LogP contribution in [0.25, 0.3) is 10.9 Å². The fourth-order valence-corrected chi connectivity index (χ4v) is 2.16. The van der Waals surface area contributed by atoms with Crippen LogP contribution in [0.2, 0.25) is 0 Å². The zero-order chi connectivity index (χ0) is 16.2. The molecule has 1 aromatic heterocycles. The SMILES string of the molecule is O=C(N/N=C/c1ccnc2ccccc12)c1c(F)cccc1F. The third-order valence-corrected chi connectivity index (χ3v) is 3.24. The highest BCUT2D eigenvalue weighted by molar-refractivity contribution is 5.99. The van der Waals surface area contributed by atoms with Gasteiger partial charge in [0.2, 0.25) is 0 Å². The number of amides is 1. The van der Waals surface area contributed by atoms with Crippen molar-refractivity contribution < 1.29 is 13.6 Å². The summed E-state index contributed by atoms with van der Waals surface area (Å²) in [5.74, 6) is -2.82. The second-order valence-electron chi connectivity index (χ2n) is 4.71. The Morgan fingerprint density at radius 3 is 2.57 bits per heavy atom. The van der Waals surface area contributed by atoms with Crippen molar-refractivity contribution in [2.24, 2.45) is 5.10 Å². The maximum absolute atomic E-state index is 13.5. The normalized spacial score (nSPS) is 11.0. The predicted octanol–water partition coefficient (Wildman–Crippen LogP) is 3.28. The number of hydrazone groups is 1. The van der Waals surface area contributed by atoms with E-state index in [-0.39, 0.29) is 0 Å². The Morgan fingerprint density at radius 2 is 1.78 bits per heavy atom. The number of rotatable bonds is 3. The van der Waals surface area contributed by atoms with Gasteiger partial charge in [-0.2, -0.15) is 5.10 Å². The highest BCUT2D eigenvalue weighted by atomic mass is 19.1. The van der Waals surface area contributed by atoms with E-state index in [9.17, 15) is 13.6 Å². The first-order valence-electron chi connectivity index (χ1n) is 6.78. The second-order valence-corrected chi connectivity index (χ2v) is 4.71. The van der Waals surface area contributed by atoms with E-state index in [0.29, 0.717) is 0 Å². The van der Waals surface area contributed by atoms with Crippen LogP contribution in [-0.2, 0) is 0 Å². The number of hydrogen-bond acceptors (Lipinski definition) is 3. The number of fused-ring (bicyclic) bond motifs is 1. The molecule has 0 aliphatic rings. The van der Waals surface area contributed by atoms with Gasteiger partial charge < -0.3 is 0 Å². The van der Waals surface area contributed by atoms with Crippen LogP contribution in [0, 0.1) is 11.6 Å². The summed E-state index contributed by atoms with van der Waals surface area (Å²) in [6, 6.07) is 12.4. The minimum atomic E-state index is -0.949. The number of hydrogen-bond donors (Lipinski definition) is 1. The van der Waals surface area contributed by atoms with E-state index in [1.165, 1.54) is 12.3 Å². The van der Waals surface area contributed by atoms with Crippen LogP contribution >= 0.6 is 0 Å². The Kier molecular flexibility index (Phi) is 4.05.